The van der Waals surface area contributed by atoms with Crippen molar-refractivity contribution in [3.05, 3.63) is 0 Å². The molecular weight excluding hydrogens is 176 g/mol. The van der Waals surface area contributed by atoms with Crippen molar-refractivity contribution >= 4 is 18.3 Å². The number of likely N-dealkylation sites (N-methyl/N-ethyl adjacent to an activating group) is 1. The maximum absolute atomic E-state index is 11.0. The van der Waals surface area contributed by atoms with E-state index in [9.17, 15) is 4.79 Å². The molecule has 0 spiro atoms. The first-order chi connectivity index (χ1) is 5.24. The molecule has 1 rings (SSSR count). The van der Waals surface area contributed by atoms with Gasteiger partial charge in [0.15, 0.2) is 0 Å². The van der Waals surface area contributed by atoms with Crippen LogP contribution in [0.4, 0.5) is 0 Å². The summed E-state index contributed by atoms with van der Waals surface area (Å²) < 4.78 is 0. The van der Waals surface area contributed by atoms with Gasteiger partial charge in [-0.3, -0.25) is 4.79 Å². The number of likely N-dealkylation sites (tertiary alicyclic amines) is 1. The highest BCUT2D eigenvalue weighted by atomic mass is 35.5. The Bertz CT molecular complexity index is 152. The van der Waals surface area contributed by atoms with Crippen LogP contribution in [0.1, 0.15) is 19.8 Å². The Labute approximate surface area is 79.9 Å². The average molecular weight is 193 g/mol. The lowest BCUT2D eigenvalue weighted by Gasteiger charge is -2.31. The van der Waals surface area contributed by atoms with Crippen LogP contribution in [0.5, 0.6) is 0 Å². The molecule has 1 atom stereocenters. The van der Waals surface area contributed by atoms with Crippen molar-refractivity contribution in [2.45, 2.75) is 25.8 Å². The Morgan fingerprint density at radius 1 is 1.58 bits per heavy atom. The lowest BCUT2D eigenvalue weighted by Crippen LogP contribution is -2.46. The molecule has 0 saturated carbocycles. The zero-order valence-electron chi connectivity index (χ0n) is 7.67. The summed E-state index contributed by atoms with van der Waals surface area (Å²) in [4.78, 5) is 12.9. The summed E-state index contributed by atoms with van der Waals surface area (Å²) >= 11 is 0. The maximum atomic E-state index is 11.0. The minimum Gasteiger partial charge on any atom is -0.341 e. The molecule has 0 bridgehead atoms. The number of hydrogen-bond acceptors (Lipinski definition) is 2. The van der Waals surface area contributed by atoms with Gasteiger partial charge >= 0.3 is 0 Å². The van der Waals surface area contributed by atoms with E-state index in [1.807, 2.05) is 11.9 Å². The number of halogens is 1. The number of amides is 1. The van der Waals surface area contributed by atoms with Crippen molar-refractivity contribution in [1.29, 1.82) is 0 Å². The van der Waals surface area contributed by atoms with Gasteiger partial charge in [-0.05, 0) is 19.9 Å². The van der Waals surface area contributed by atoms with E-state index in [2.05, 4.69) is 5.32 Å². The third kappa shape index (κ3) is 2.99. The predicted octanol–water partition coefficient (Wildman–Crippen LogP) is 0.638. The average Bonchev–Trinajstić information content (AvgIpc) is 2.05. The fraction of sp³-hybridized carbons (Fsp3) is 0.875. The van der Waals surface area contributed by atoms with Crippen molar-refractivity contribution in [3.63, 3.8) is 0 Å². The first-order valence-electron chi connectivity index (χ1n) is 4.17. The Morgan fingerprint density at radius 3 is 2.75 bits per heavy atom. The smallest absolute Gasteiger partial charge is 0.219 e. The molecule has 3 nitrogen and oxygen atoms in total. The standard InChI is InChI=1S/C8H16N2O.ClH/c1-7(11)10-5-3-4-8(6-10)9-2;/h8-9H,3-6H2,1-2H3;1H/t8-;/m1./s1. The topological polar surface area (TPSA) is 32.3 Å². The third-order valence-corrected chi connectivity index (χ3v) is 2.27. The van der Waals surface area contributed by atoms with E-state index in [4.69, 9.17) is 0 Å². The second-order valence-corrected chi connectivity index (χ2v) is 3.09. The van der Waals surface area contributed by atoms with Crippen LogP contribution < -0.4 is 5.32 Å². The van der Waals surface area contributed by atoms with Crippen LogP contribution in [0.3, 0.4) is 0 Å². The molecule has 1 fully saturated rings. The highest BCUT2D eigenvalue weighted by Crippen LogP contribution is 2.09. The molecule has 1 aliphatic rings. The zero-order valence-corrected chi connectivity index (χ0v) is 8.49. The molecule has 0 aliphatic carbocycles. The minimum atomic E-state index is 0. The molecule has 1 heterocycles. The van der Waals surface area contributed by atoms with Gasteiger partial charge in [0.2, 0.25) is 5.91 Å². The fourth-order valence-corrected chi connectivity index (χ4v) is 1.50. The van der Waals surface area contributed by atoms with Gasteiger partial charge in [0.1, 0.15) is 0 Å². The van der Waals surface area contributed by atoms with Crippen LogP contribution in [-0.4, -0.2) is 37.0 Å². The molecule has 72 valence electrons. The maximum Gasteiger partial charge on any atom is 0.219 e. The molecule has 1 saturated heterocycles. The van der Waals surface area contributed by atoms with E-state index in [1.54, 1.807) is 6.92 Å². The van der Waals surface area contributed by atoms with Gasteiger partial charge in [0, 0.05) is 26.1 Å². The lowest BCUT2D eigenvalue weighted by atomic mass is 10.1. The van der Waals surface area contributed by atoms with Crippen LogP contribution >= 0.6 is 12.4 Å². The summed E-state index contributed by atoms with van der Waals surface area (Å²) in [6.45, 7) is 3.46. The number of piperidine rings is 1. The monoisotopic (exact) mass is 192 g/mol. The van der Waals surface area contributed by atoms with Gasteiger partial charge in [-0.2, -0.15) is 0 Å². The predicted molar refractivity (Wildman–Crippen MR) is 51.6 cm³/mol. The second-order valence-electron chi connectivity index (χ2n) is 3.09. The summed E-state index contributed by atoms with van der Waals surface area (Å²) in [6, 6.07) is 0.507. The number of rotatable bonds is 1. The number of nitrogens with one attached hydrogen (secondary N) is 1. The van der Waals surface area contributed by atoms with E-state index >= 15 is 0 Å². The first kappa shape index (κ1) is 11.7. The Hall–Kier alpha value is -0.280. The molecular formula is C8H17ClN2O. The van der Waals surface area contributed by atoms with Gasteiger partial charge in [-0.1, -0.05) is 0 Å². The summed E-state index contributed by atoms with van der Waals surface area (Å²) in [5, 5.41) is 3.19. The molecule has 4 heteroatoms. The van der Waals surface area contributed by atoms with E-state index in [1.165, 1.54) is 6.42 Å². The zero-order chi connectivity index (χ0) is 8.27. The number of hydrogen-bond donors (Lipinski definition) is 1. The molecule has 0 radical (unpaired) electrons. The lowest BCUT2D eigenvalue weighted by molar-refractivity contribution is -0.130. The van der Waals surface area contributed by atoms with Gasteiger partial charge in [0.25, 0.3) is 0 Å². The first-order valence-corrected chi connectivity index (χ1v) is 4.17. The quantitative estimate of drug-likeness (QED) is 0.662. The molecule has 0 aromatic carbocycles. The molecule has 12 heavy (non-hydrogen) atoms. The van der Waals surface area contributed by atoms with Gasteiger partial charge in [-0.15, -0.1) is 12.4 Å². The number of nitrogens with zero attached hydrogens (tertiary/aromatic N) is 1. The van der Waals surface area contributed by atoms with E-state index in [0.717, 1.165) is 19.5 Å². The Morgan fingerprint density at radius 2 is 2.25 bits per heavy atom. The Kier molecular flexibility index (Phi) is 5.25. The van der Waals surface area contributed by atoms with Crippen LogP contribution in [0.25, 0.3) is 0 Å². The summed E-state index contributed by atoms with van der Waals surface area (Å²) in [6.07, 6.45) is 2.32. The summed E-state index contributed by atoms with van der Waals surface area (Å²) in [5.74, 6) is 0.199. The van der Waals surface area contributed by atoms with Gasteiger partial charge in [0.05, 0.1) is 0 Å². The molecule has 1 amide bonds. The third-order valence-electron chi connectivity index (χ3n) is 2.27. The van der Waals surface area contributed by atoms with Crippen molar-refractivity contribution in [2.24, 2.45) is 0 Å². The fourth-order valence-electron chi connectivity index (χ4n) is 1.50. The van der Waals surface area contributed by atoms with Crippen LogP contribution in [-0.2, 0) is 4.79 Å². The second kappa shape index (κ2) is 5.38. The molecule has 0 aromatic rings. The van der Waals surface area contributed by atoms with Gasteiger partial charge < -0.3 is 10.2 Å². The van der Waals surface area contributed by atoms with E-state index in [-0.39, 0.29) is 18.3 Å². The van der Waals surface area contributed by atoms with Crippen molar-refractivity contribution in [2.75, 3.05) is 20.1 Å². The largest absolute Gasteiger partial charge is 0.341 e. The van der Waals surface area contributed by atoms with Crippen molar-refractivity contribution in [1.82, 2.24) is 10.2 Å². The van der Waals surface area contributed by atoms with Crippen LogP contribution in [0, 0.1) is 0 Å². The summed E-state index contributed by atoms with van der Waals surface area (Å²) in [5.41, 5.74) is 0. The molecule has 1 aliphatic heterocycles. The normalized spacial score (nSPS) is 23.2. The minimum absolute atomic E-state index is 0. The van der Waals surface area contributed by atoms with Crippen molar-refractivity contribution in [3.8, 4) is 0 Å². The number of carbonyl (C=O) groups is 1. The molecule has 0 unspecified atom stereocenters. The van der Waals surface area contributed by atoms with Crippen LogP contribution in [0.15, 0.2) is 0 Å². The summed E-state index contributed by atoms with van der Waals surface area (Å²) in [7, 11) is 1.95. The van der Waals surface area contributed by atoms with Crippen molar-refractivity contribution < 1.29 is 4.79 Å². The van der Waals surface area contributed by atoms with Crippen LogP contribution in [0.2, 0.25) is 0 Å². The van der Waals surface area contributed by atoms with Gasteiger partial charge in [-0.25, -0.2) is 0 Å². The Balaban J connectivity index is 0.00000121. The SMILES string of the molecule is CN[C@@H]1CCCN(C(C)=O)C1.Cl. The molecule has 1 N–H and O–H groups in total. The highest BCUT2D eigenvalue weighted by molar-refractivity contribution is 5.85. The number of carbonyl (C=O) groups excluding carboxylic acids is 1. The molecule has 0 aromatic heterocycles. The van der Waals surface area contributed by atoms with E-state index in [0.29, 0.717) is 6.04 Å². The highest BCUT2D eigenvalue weighted by Gasteiger charge is 2.19. The van der Waals surface area contributed by atoms with E-state index < -0.39 is 0 Å².